The number of aryl methyl sites for hydroxylation is 1. The first-order valence-electron chi connectivity index (χ1n) is 6.62. The van der Waals surface area contributed by atoms with E-state index in [-0.39, 0.29) is 0 Å². The van der Waals surface area contributed by atoms with Gasteiger partial charge in [0, 0.05) is 12.6 Å². The van der Waals surface area contributed by atoms with E-state index in [0.29, 0.717) is 18.4 Å². The van der Waals surface area contributed by atoms with E-state index in [0.717, 1.165) is 37.6 Å². The summed E-state index contributed by atoms with van der Waals surface area (Å²) < 4.78 is 5.40. The van der Waals surface area contributed by atoms with Crippen molar-refractivity contribution in [2.45, 2.75) is 33.6 Å². The van der Waals surface area contributed by atoms with Crippen LogP contribution in [0.15, 0.2) is 6.07 Å². The molecule has 1 unspecified atom stereocenters. The number of nitrogens with two attached hydrogens (primary N) is 1. The quantitative estimate of drug-likeness (QED) is 0.740. The van der Waals surface area contributed by atoms with E-state index < -0.39 is 0 Å². The van der Waals surface area contributed by atoms with E-state index in [1.807, 2.05) is 19.9 Å². The lowest BCUT2D eigenvalue weighted by atomic mass is 10.0. The van der Waals surface area contributed by atoms with Crippen molar-refractivity contribution in [3.05, 3.63) is 11.9 Å². The third kappa shape index (κ3) is 4.87. The van der Waals surface area contributed by atoms with Crippen LogP contribution >= 0.6 is 0 Å². The molecule has 5 nitrogen and oxygen atoms in total. The highest BCUT2D eigenvalue weighted by molar-refractivity contribution is 5.38. The number of hydrogen-bond donors (Lipinski definition) is 2. The fourth-order valence-corrected chi connectivity index (χ4v) is 1.79. The minimum atomic E-state index is 0.584. The summed E-state index contributed by atoms with van der Waals surface area (Å²) in [7, 11) is 0. The standard InChI is InChI=1S/C13H24N4O/c1-4-11(6-7-14)9-15-12-8-13(18-5-2)17-10(3)16-12/h8,11H,4-7,9,14H2,1-3H3,(H,15,16,17). The van der Waals surface area contributed by atoms with Crippen molar-refractivity contribution in [1.82, 2.24) is 9.97 Å². The van der Waals surface area contributed by atoms with Crippen LogP contribution in [0.1, 0.15) is 32.5 Å². The Kier molecular flexibility index (Phi) is 6.43. The maximum Gasteiger partial charge on any atom is 0.218 e. The first-order chi connectivity index (χ1) is 8.69. The van der Waals surface area contributed by atoms with E-state index in [1.54, 1.807) is 0 Å². The first-order valence-corrected chi connectivity index (χ1v) is 6.62. The lowest BCUT2D eigenvalue weighted by molar-refractivity contribution is 0.325. The van der Waals surface area contributed by atoms with Gasteiger partial charge in [-0.05, 0) is 32.7 Å². The molecule has 0 spiro atoms. The second-order valence-electron chi connectivity index (χ2n) is 4.30. The number of nitrogens with zero attached hydrogens (tertiary/aromatic N) is 2. The molecule has 0 saturated carbocycles. The average molecular weight is 252 g/mol. The number of rotatable bonds is 8. The molecule has 102 valence electrons. The van der Waals surface area contributed by atoms with Crippen LogP contribution in [-0.4, -0.2) is 29.7 Å². The smallest absolute Gasteiger partial charge is 0.218 e. The normalized spacial score (nSPS) is 12.2. The van der Waals surface area contributed by atoms with Gasteiger partial charge >= 0.3 is 0 Å². The van der Waals surface area contributed by atoms with Gasteiger partial charge in [0.15, 0.2) is 0 Å². The summed E-state index contributed by atoms with van der Waals surface area (Å²) in [5.41, 5.74) is 5.59. The van der Waals surface area contributed by atoms with Crippen molar-refractivity contribution in [2.24, 2.45) is 11.7 Å². The molecule has 1 aromatic rings. The highest BCUT2D eigenvalue weighted by atomic mass is 16.5. The monoisotopic (exact) mass is 252 g/mol. The molecule has 3 N–H and O–H groups in total. The van der Waals surface area contributed by atoms with Crippen molar-refractivity contribution in [1.29, 1.82) is 0 Å². The molecular formula is C13H24N4O. The third-order valence-electron chi connectivity index (χ3n) is 2.83. The summed E-state index contributed by atoms with van der Waals surface area (Å²) in [4.78, 5) is 8.56. The second-order valence-corrected chi connectivity index (χ2v) is 4.30. The Balaban J connectivity index is 2.60. The minimum absolute atomic E-state index is 0.584. The molecule has 0 aliphatic carbocycles. The number of aromatic nitrogens is 2. The van der Waals surface area contributed by atoms with E-state index >= 15 is 0 Å². The highest BCUT2D eigenvalue weighted by Crippen LogP contribution is 2.15. The number of ether oxygens (including phenoxy) is 1. The van der Waals surface area contributed by atoms with Crippen molar-refractivity contribution >= 4 is 5.82 Å². The van der Waals surface area contributed by atoms with Gasteiger partial charge in [-0.2, -0.15) is 4.98 Å². The first kappa shape index (κ1) is 14.7. The maximum absolute atomic E-state index is 5.59. The number of nitrogens with one attached hydrogen (secondary N) is 1. The molecule has 5 heteroatoms. The Hall–Kier alpha value is -1.36. The van der Waals surface area contributed by atoms with E-state index in [4.69, 9.17) is 10.5 Å². The molecule has 0 aliphatic rings. The van der Waals surface area contributed by atoms with Crippen molar-refractivity contribution < 1.29 is 4.74 Å². The molecule has 0 bridgehead atoms. The van der Waals surface area contributed by atoms with E-state index in [9.17, 15) is 0 Å². The zero-order valence-corrected chi connectivity index (χ0v) is 11.6. The van der Waals surface area contributed by atoms with Gasteiger partial charge in [-0.1, -0.05) is 13.3 Å². The topological polar surface area (TPSA) is 73.1 Å². The van der Waals surface area contributed by atoms with Crippen molar-refractivity contribution in [3.63, 3.8) is 0 Å². The highest BCUT2D eigenvalue weighted by Gasteiger charge is 2.07. The van der Waals surface area contributed by atoms with Crippen molar-refractivity contribution in [3.8, 4) is 5.88 Å². The van der Waals surface area contributed by atoms with Gasteiger partial charge in [-0.15, -0.1) is 0 Å². The summed E-state index contributed by atoms with van der Waals surface area (Å²) >= 11 is 0. The maximum atomic E-state index is 5.59. The van der Waals surface area contributed by atoms with Crippen molar-refractivity contribution in [2.75, 3.05) is 25.0 Å². The molecule has 0 amide bonds. The predicted molar refractivity (Wildman–Crippen MR) is 73.9 cm³/mol. The van der Waals surface area contributed by atoms with Crippen LogP contribution in [0.3, 0.4) is 0 Å². The molecular weight excluding hydrogens is 228 g/mol. The summed E-state index contributed by atoms with van der Waals surface area (Å²) in [5, 5.41) is 3.33. The van der Waals surface area contributed by atoms with Gasteiger partial charge in [0.05, 0.1) is 6.61 Å². The molecule has 18 heavy (non-hydrogen) atoms. The fraction of sp³-hybridized carbons (Fsp3) is 0.692. The van der Waals surface area contributed by atoms with Crippen LogP contribution in [0.25, 0.3) is 0 Å². The van der Waals surface area contributed by atoms with Crippen LogP contribution in [0.2, 0.25) is 0 Å². The fourth-order valence-electron chi connectivity index (χ4n) is 1.79. The SMILES string of the molecule is CCOc1cc(NCC(CC)CCN)nc(C)n1. The van der Waals surface area contributed by atoms with Gasteiger partial charge in [-0.25, -0.2) is 4.98 Å². The minimum Gasteiger partial charge on any atom is -0.478 e. The van der Waals surface area contributed by atoms with E-state index in [1.165, 1.54) is 0 Å². The molecule has 0 saturated heterocycles. The predicted octanol–water partition coefficient (Wildman–Crippen LogP) is 1.97. The third-order valence-corrected chi connectivity index (χ3v) is 2.83. The Morgan fingerprint density at radius 3 is 2.78 bits per heavy atom. The Labute approximate surface area is 109 Å². The Bertz CT molecular complexity index is 357. The summed E-state index contributed by atoms with van der Waals surface area (Å²) in [5.74, 6) is 2.75. The molecule has 1 atom stereocenters. The van der Waals surface area contributed by atoms with E-state index in [2.05, 4.69) is 22.2 Å². The van der Waals surface area contributed by atoms with Gasteiger partial charge in [0.2, 0.25) is 5.88 Å². The summed E-state index contributed by atoms with van der Waals surface area (Å²) in [6, 6.07) is 1.84. The molecule has 0 aromatic carbocycles. The van der Waals surface area contributed by atoms with Crippen LogP contribution < -0.4 is 15.8 Å². The van der Waals surface area contributed by atoms with Gasteiger partial charge in [0.25, 0.3) is 0 Å². The van der Waals surface area contributed by atoms with Crippen LogP contribution in [0.5, 0.6) is 5.88 Å². The molecule has 1 rings (SSSR count). The Morgan fingerprint density at radius 2 is 2.17 bits per heavy atom. The largest absolute Gasteiger partial charge is 0.478 e. The Morgan fingerprint density at radius 1 is 1.39 bits per heavy atom. The average Bonchev–Trinajstić information content (AvgIpc) is 2.34. The summed E-state index contributed by atoms with van der Waals surface area (Å²) in [6.07, 6.45) is 2.15. The number of anilines is 1. The van der Waals surface area contributed by atoms with Crippen LogP contribution in [0.4, 0.5) is 5.82 Å². The lowest BCUT2D eigenvalue weighted by Gasteiger charge is -2.15. The van der Waals surface area contributed by atoms with Gasteiger partial charge in [0.1, 0.15) is 11.6 Å². The molecule has 0 radical (unpaired) electrons. The zero-order chi connectivity index (χ0) is 13.4. The van der Waals surface area contributed by atoms with Gasteiger partial charge in [-0.3, -0.25) is 0 Å². The second kappa shape index (κ2) is 7.87. The lowest BCUT2D eigenvalue weighted by Crippen LogP contribution is -2.18. The summed E-state index contributed by atoms with van der Waals surface area (Å²) in [6.45, 7) is 8.21. The van der Waals surface area contributed by atoms with Gasteiger partial charge < -0.3 is 15.8 Å². The molecule has 0 aliphatic heterocycles. The molecule has 1 aromatic heterocycles. The number of hydrogen-bond acceptors (Lipinski definition) is 5. The molecule has 0 fully saturated rings. The zero-order valence-electron chi connectivity index (χ0n) is 11.6. The van der Waals surface area contributed by atoms with Crippen LogP contribution in [0, 0.1) is 12.8 Å². The molecule has 1 heterocycles. The van der Waals surface area contributed by atoms with Crippen LogP contribution in [-0.2, 0) is 0 Å².